The van der Waals surface area contributed by atoms with Crippen LogP contribution in [0.15, 0.2) is 30.3 Å². The average Bonchev–Trinajstić information content (AvgIpc) is 3.03. The lowest BCUT2D eigenvalue weighted by atomic mass is 9.93. The second-order valence-corrected chi connectivity index (χ2v) is 5.90. The van der Waals surface area contributed by atoms with Gasteiger partial charge in [-0.3, -0.25) is 4.90 Å². The molecule has 2 heteroatoms. The molecule has 1 aromatic rings. The largest absolute Gasteiger partial charge is 0.298 e. The minimum atomic E-state index is 0.990. The van der Waals surface area contributed by atoms with Crippen molar-refractivity contribution in [1.82, 2.24) is 4.90 Å². The molecule has 1 heterocycles. The van der Waals surface area contributed by atoms with Crippen LogP contribution in [0.25, 0.3) is 0 Å². The zero-order valence-electron chi connectivity index (χ0n) is 9.48. The fraction of sp³-hybridized carbons (Fsp3) is 0.571. The van der Waals surface area contributed by atoms with Gasteiger partial charge in [0.25, 0.3) is 0 Å². The molecule has 1 aliphatic carbocycles. The Labute approximate surface area is 106 Å². The van der Waals surface area contributed by atoms with Gasteiger partial charge in [-0.1, -0.05) is 46.3 Å². The van der Waals surface area contributed by atoms with Crippen LogP contribution in [0.5, 0.6) is 0 Å². The summed E-state index contributed by atoms with van der Waals surface area (Å²) in [4.78, 5) is 2.57. The first kappa shape index (κ1) is 10.8. The molecule has 0 radical (unpaired) electrons. The Bertz CT molecular complexity index is 345. The SMILES string of the molecule is BrCC1CC1C1CN(Cc2ccccc2)C1. The highest BCUT2D eigenvalue weighted by Gasteiger charge is 2.46. The first-order valence-corrected chi connectivity index (χ1v) is 7.31. The molecule has 1 saturated heterocycles. The second-order valence-electron chi connectivity index (χ2n) is 5.25. The summed E-state index contributed by atoms with van der Waals surface area (Å²) in [7, 11) is 0. The van der Waals surface area contributed by atoms with Gasteiger partial charge in [-0.2, -0.15) is 0 Å². The van der Waals surface area contributed by atoms with Crippen molar-refractivity contribution in [2.45, 2.75) is 13.0 Å². The van der Waals surface area contributed by atoms with Gasteiger partial charge in [0, 0.05) is 25.0 Å². The molecule has 0 aromatic heterocycles. The third-order valence-corrected chi connectivity index (χ3v) is 4.85. The first-order chi connectivity index (χ1) is 7.86. The van der Waals surface area contributed by atoms with E-state index in [1.807, 2.05) is 0 Å². The highest BCUT2D eigenvalue weighted by molar-refractivity contribution is 9.09. The van der Waals surface area contributed by atoms with E-state index in [-0.39, 0.29) is 0 Å². The van der Waals surface area contributed by atoms with Crippen LogP contribution in [-0.4, -0.2) is 23.3 Å². The van der Waals surface area contributed by atoms with Crippen molar-refractivity contribution in [2.75, 3.05) is 18.4 Å². The van der Waals surface area contributed by atoms with E-state index in [4.69, 9.17) is 0 Å². The van der Waals surface area contributed by atoms with E-state index in [0.29, 0.717) is 0 Å². The van der Waals surface area contributed by atoms with Gasteiger partial charge < -0.3 is 0 Å². The van der Waals surface area contributed by atoms with E-state index in [9.17, 15) is 0 Å². The Morgan fingerprint density at radius 2 is 1.94 bits per heavy atom. The van der Waals surface area contributed by atoms with E-state index in [1.165, 1.54) is 30.4 Å². The molecule has 1 aliphatic heterocycles. The molecular weight excluding hydrogens is 262 g/mol. The van der Waals surface area contributed by atoms with Crippen LogP contribution < -0.4 is 0 Å². The van der Waals surface area contributed by atoms with Crippen LogP contribution in [0.1, 0.15) is 12.0 Å². The van der Waals surface area contributed by atoms with Gasteiger partial charge in [0.15, 0.2) is 0 Å². The monoisotopic (exact) mass is 279 g/mol. The molecule has 16 heavy (non-hydrogen) atoms. The Hall–Kier alpha value is -0.340. The van der Waals surface area contributed by atoms with Crippen LogP contribution in [0.3, 0.4) is 0 Å². The fourth-order valence-corrected chi connectivity index (χ4v) is 3.62. The second kappa shape index (κ2) is 4.50. The average molecular weight is 280 g/mol. The van der Waals surface area contributed by atoms with Crippen LogP contribution in [0.4, 0.5) is 0 Å². The van der Waals surface area contributed by atoms with Crippen LogP contribution in [-0.2, 0) is 6.54 Å². The molecule has 3 rings (SSSR count). The molecule has 1 saturated carbocycles. The maximum Gasteiger partial charge on any atom is 0.0233 e. The molecule has 2 aliphatic rings. The summed E-state index contributed by atoms with van der Waals surface area (Å²) in [5, 5.41) is 1.22. The van der Waals surface area contributed by atoms with Gasteiger partial charge in [-0.15, -0.1) is 0 Å². The van der Waals surface area contributed by atoms with Crippen molar-refractivity contribution < 1.29 is 0 Å². The lowest BCUT2D eigenvalue weighted by molar-refractivity contribution is 0.0746. The number of rotatable bonds is 4. The van der Waals surface area contributed by atoms with E-state index in [1.54, 1.807) is 0 Å². The van der Waals surface area contributed by atoms with Crippen LogP contribution in [0.2, 0.25) is 0 Å². The predicted octanol–water partition coefficient (Wildman–Crippen LogP) is 3.15. The Morgan fingerprint density at radius 1 is 1.19 bits per heavy atom. The summed E-state index contributed by atoms with van der Waals surface area (Å²) < 4.78 is 0. The van der Waals surface area contributed by atoms with Crippen molar-refractivity contribution in [2.24, 2.45) is 17.8 Å². The minimum Gasteiger partial charge on any atom is -0.298 e. The van der Waals surface area contributed by atoms with Gasteiger partial charge >= 0.3 is 0 Å². The van der Waals surface area contributed by atoms with Crippen molar-refractivity contribution >= 4 is 15.9 Å². The van der Waals surface area contributed by atoms with Gasteiger partial charge in [0.2, 0.25) is 0 Å². The minimum absolute atomic E-state index is 0.990. The maximum atomic E-state index is 3.59. The summed E-state index contributed by atoms with van der Waals surface area (Å²) in [5.41, 5.74) is 1.45. The quantitative estimate of drug-likeness (QED) is 0.766. The molecule has 86 valence electrons. The number of hydrogen-bond acceptors (Lipinski definition) is 1. The van der Waals surface area contributed by atoms with E-state index >= 15 is 0 Å². The van der Waals surface area contributed by atoms with Crippen molar-refractivity contribution in [1.29, 1.82) is 0 Å². The summed E-state index contributed by atoms with van der Waals surface area (Å²) >= 11 is 3.59. The van der Waals surface area contributed by atoms with Crippen molar-refractivity contribution in [3.8, 4) is 0 Å². The normalized spacial score (nSPS) is 30.1. The molecule has 0 amide bonds. The molecule has 0 N–H and O–H groups in total. The molecular formula is C14H18BrN. The number of nitrogens with zero attached hydrogens (tertiary/aromatic N) is 1. The molecule has 1 aromatic carbocycles. The Morgan fingerprint density at radius 3 is 2.56 bits per heavy atom. The van der Waals surface area contributed by atoms with Crippen molar-refractivity contribution in [3.05, 3.63) is 35.9 Å². The fourth-order valence-electron chi connectivity index (χ4n) is 2.88. The summed E-state index contributed by atoms with van der Waals surface area (Å²) in [5.74, 6) is 3.02. The third kappa shape index (κ3) is 2.18. The molecule has 1 nitrogen and oxygen atoms in total. The highest BCUT2D eigenvalue weighted by atomic mass is 79.9. The molecule has 0 spiro atoms. The van der Waals surface area contributed by atoms with Gasteiger partial charge in [-0.05, 0) is 29.7 Å². The maximum absolute atomic E-state index is 3.59. The number of hydrogen-bond donors (Lipinski definition) is 0. The van der Waals surface area contributed by atoms with Crippen molar-refractivity contribution in [3.63, 3.8) is 0 Å². The van der Waals surface area contributed by atoms with Gasteiger partial charge in [-0.25, -0.2) is 0 Å². The lowest BCUT2D eigenvalue weighted by Gasteiger charge is -2.40. The molecule has 2 unspecified atom stereocenters. The molecule has 2 fully saturated rings. The summed E-state index contributed by atoms with van der Waals surface area (Å²) in [6.45, 7) is 3.79. The number of alkyl halides is 1. The standard InChI is InChI=1S/C14H18BrN/c15-7-12-6-14(12)13-9-16(10-13)8-11-4-2-1-3-5-11/h1-5,12-14H,6-10H2. The van der Waals surface area contributed by atoms with E-state index in [0.717, 1.165) is 24.3 Å². The summed E-state index contributed by atoms with van der Waals surface area (Å²) in [6, 6.07) is 10.8. The van der Waals surface area contributed by atoms with Crippen LogP contribution in [0, 0.1) is 17.8 Å². The third-order valence-electron chi connectivity index (χ3n) is 4.02. The van der Waals surface area contributed by atoms with Gasteiger partial charge in [0.05, 0.1) is 0 Å². The molecule has 2 atom stereocenters. The Balaban J connectivity index is 1.45. The zero-order valence-corrected chi connectivity index (χ0v) is 11.1. The Kier molecular flexibility index (Phi) is 3.03. The topological polar surface area (TPSA) is 3.24 Å². The number of halogens is 1. The molecule has 0 bridgehead atoms. The van der Waals surface area contributed by atoms with Crippen LogP contribution >= 0.6 is 15.9 Å². The predicted molar refractivity (Wildman–Crippen MR) is 70.6 cm³/mol. The zero-order chi connectivity index (χ0) is 11.0. The van der Waals surface area contributed by atoms with E-state index in [2.05, 4.69) is 51.2 Å². The van der Waals surface area contributed by atoms with E-state index < -0.39 is 0 Å². The van der Waals surface area contributed by atoms with Gasteiger partial charge in [0.1, 0.15) is 0 Å². The lowest BCUT2D eigenvalue weighted by Crippen LogP contribution is -2.47. The summed E-state index contributed by atoms with van der Waals surface area (Å²) in [6.07, 6.45) is 1.47. The first-order valence-electron chi connectivity index (χ1n) is 6.19. The highest BCUT2D eigenvalue weighted by Crippen LogP contribution is 2.48. The number of benzene rings is 1. The number of likely N-dealkylation sites (tertiary alicyclic amines) is 1. The smallest absolute Gasteiger partial charge is 0.0233 e.